The normalized spacial score (nSPS) is 14.9. The Morgan fingerprint density at radius 2 is 2.17 bits per heavy atom. The molecule has 0 radical (unpaired) electrons. The summed E-state index contributed by atoms with van der Waals surface area (Å²) in [4.78, 5) is 14.5. The lowest BCUT2D eigenvalue weighted by Gasteiger charge is -2.23. The molecule has 0 bridgehead atoms. The van der Waals surface area contributed by atoms with Crippen molar-refractivity contribution in [1.29, 1.82) is 0 Å². The van der Waals surface area contributed by atoms with Gasteiger partial charge in [0.25, 0.3) is 0 Å². The van der Waals surface area contributed by atoms with Gasteiger partial charge in [-0.2, -0.15) is 0 Å². The minimum Gasteiger partial charge on any atom is -0.361 e. The number of anilines is 2. The minimum absolute atomic E-state index is 0.108. The number of aromatic nitrogens is 1. The number of nitrogens with one attached hydrogen (secondary N) is 2. The first-order chi connectivity index (χ1) is 11.4. The summed E-state index contributed by atoms with van der Waals surface area (Å²) in [7, 11) is 0. The molecule has 3 rings (SSSR count). The van der Waals surface area contributed by atoms with Gasteiger partial charge < -0.3 is 14.7 Å². The third kappa shape index (κ3) is 3.76. The Bertz CT molecular complexity index is 718. The highest BCUT2D eigenvalue weighted by Crippen LogP contribution is 2.24. The van der Waals surface area contributed by atoms with Crippen molar-refractivity contribution in [1.82, 2.24) is 10.5 Å². The maximum absolute atomic E-state index is 12.4. The summed E-state index contributed by atoms with van der Waals surface area (Å²) in [5.41, 5.74) is 3.02. The Morgan fingerprint density at radius 1 is 1.38 bits per heavy atom. The first kappa shape index (κ1) is 16.5. The number of hydrogen-bond donors (Lipinski definition) is 2. The molecule has 24 heavy (non-hydrogen) atoms. The zero-order valence-corrected chi connectivity index (χ0v) is 14.4. The molecule has 6 heteroatoms. The summed E-state index contributed by atoms with van der Waals surface area (Å²) in [6.07, 6.45) is 0. The van der Waals surface area contributed by atoms with Crippen LogP contribution < -0.4 is 15.5 Å². The van der Waals surface area contributed by atoms with Crippen molar-refractivity contribution in [3.63, 3.8) is 0 Å². The van der Waals surface area contributed by atoms with Gasteiger partial charge in [-0.1, -0.05) is 44.1 Å². The smallest absolute Gasteiger partial charge is 0.246 e. The molecule has 6 nitrogen and oxygen atoms in total. The maximum atomic E-state index is 12.4. The van der Waals surface area contributed by atoms with Gasteiger partial charge in [-0.3, -0.25) is 10.1 Å². The lowest BCUT2D eigenvalue weighted by atomic mass is 9.92. The Kier molecular flexibility index (Phi) is 4.57. The van der Waals surface area contributed by atoms with Crippen LogP contribution in [0.2, 0.25) is 0 Å². The van der Waals surface area contributed by atoms with Gasteiger partial charge in [-0.05, 0) is 11.6 Å². The Balaban J connectivity index is 1.68. The van der Waals surface area contributed by atoms with Crippen LogP contribution in [0.4, 0.5) is 11.6 Å². The number of hydrogen-bond acceptors (Lipinski definition) is 5. The summed E-state index contributed by atoms with van der Waals surface area (Å²) >= 11 is 0. The van der Waals surface area contributed by atoms with E-state index in [9.17, 15) is 4.79 Å². The van der Waals surface area contributed by atoms with Gasteiger partial charge in [0.15, 0.2) is 0 Å². The number of rotatable bonds is 3. The fraction of sp³-hybridized carbons (Fsp3) is 0.444. The molecule has 128 valence electrons. The molecule has 0 spiro atoms. The number of fused-ring (bicyclic) bond motifs is 1. The molecule has 0 saturated heterocycles. The van der Waals surface area contributed by atoms with E-state index in [-0.39, 0.29) is 17.9 Å². The van der Waals surface area contributed by atoms with E-state index in [1.807, 2.05) is 12.1 Å². The summed E-state index contributed by atoms with van der Waals surface area (Å²) < 4.78 is 5.23. The molecular weight excluding hydrogens is 304 g/mol. The van der Waals surface area contributed by atoms with Crippen molar-refractivity contribution >= 4 is 17.5 Å². The molecule has 2 N–H and O–H groups in total. The number of benzene rings is 1. The largest absolute Gasteiger partial charge is 0.361 e. The summed E-state index contributed by atoms with van der Waals surface area (Å²) in [6, 6.07) is 9.95. The fourth-order valence-corrected chi connectivity index (χ4v) is 2.73. The van der Waals surface area contributed by atoms with Crippen molar-refractivity contribution in [2.24, 2.45) is 0 Å². The first-order valence-corrected chi connectivity index (χ1v) is 8.24. The highest BCUT2D eigenvalue weighted by molar-refractivity contribution is 5.93. The third-order valence-electron chi connectivity index (χ3n) is 4.08. The van der Waals surface area contributed by atoms with E-state index in [4.69, 9.17) is 4.52 Å². The van der Waals surface area contributed by atoms with Gasteiger partial charge in [-0.15, -0.1) is 0 Å². The highest BCUT2D eigenvalue weighted by atomic mass is 16.5. The van der Waals surface area contributed by atoms with Gasteiger partial charge in [0, 0.05) is 36.8 Å². The second kappa shape index (κ2) is 6.65. The molecule has 1 aromatic heterocycles. The average Bonchev–Trinajstić information content (AvgIpc) is 2.90. The first-order valence-electron chi connectivity index (χ1n) is 8.24. The van der Waals surface area contributed by atoms with Crippen molar-refractivity contribution in [3.05, 3.63) is 41.6 Å². The van der Waals surface area contributed by atoms with E-state index in [1.54, 1.807) is 6.07 Å². The third-order valence-corrected chi connectivity index (χ3v) is 4.08. The molecule has 0 fully saturated rings. The lowest BCUT2D eigenvalue weighted by molar-refractivity contribution is -0.115. The number of carbonyl (C=O) groups is 1. The Labute approximate surface area is 142 Å². The van der Waals surface area contributed by atoms with Gasteiger partial charge in [0.1, 0.15) is 0 Å². The highest BCUT2D eigenvalue weighted by Gasteiger charge is 2.21. The van der Waals surface area contributed by atoms with Gasteiger partial charge in [0.2, 0.25) is 11.8 Å². The van der Waals surface area contributed by atoms with Crippen molar-refractivity contribution in [3.8, 4) is 0 Å². The lowest BCUT2D eigenvalue weighted by Crippen LogP contribution is -2.36. The van der Waals surface area contributed by atoms with Gasteiger partial charge in [-0.25, -0.2) is 0 Å². The van der Waals surface area contributed by atoms with Crippen molar-refractivity contribution in [2.75, 3.05) is 29.9 Å². The zero-order valence-electron chi connectivity index (χ0n) is 14.4. The van der Waals surface area contributed by atoms with Crippen LogP contribution in [0.15, 0.2) is 34.9 Å². The molecular formula is C18H24N4O2. The predicted octanol–water partition coefficient (Wildman–Crippen LogP) is 2.52. The van der Waals surface area contributed by atoms with Crippen LogP contribution in [0.3, 0.4) is 0 Å². The number of nitrogens with zero attached hydrogens (tertiary/aromatic N) is 2. The molecule has 0 atom stereocenters. The quantitative estimate of drug-likeness (QED) is 0.906. The van der Waals surface area contributed by atoms with E-state index in [1.165, 1.54) is 5.56 Å². The van der Waals surface area contributed by atoms with E-state index >= 15 is 0 Å². The van der Waals surface area contributed by atoms with Crippen molar-refractivity contribution < 1.29 is 9.32 Å². The molecule has 0 aliphatic carbocycles. The van der Waals surface area contributed by atoms with Crippen LogP contribution in [0.5, 0.6) is 0 Å². The molecule has 2 heterocycles. The second-order valence-electron chi connectivity index (χ2n) is 7.10. The standard InChI is InChI=1S/C18H24N4O2/c1-18(2,3)15-10-17(24-21-15)20-16(23)12-22-9-8-19-11-13-6-4-5-7-14(13)22/h4-7,10,19H,8-9,11-12H2,1-3H3,(H,20,23). The van der Waals surface area contributed by atoms with Crippen LogP contribution in [0, 0.1) is 0 Å². The molecule has 1 amide bonds. The summed E-state index contributed by atoms with van der Waals surface area (Å²) in [5, 5.41) is 10.2. The monoisotopic (exact) mass is 328 g/mol. The van der Waals surface area contributed by atoms with Crippen LogP contribution in [-0.4, -0.2) is 30.7 Å². The van der Waals surface area contributed by atoms with Crippen LogP contribution in [-0.2, 0) is 16.8 Å². The van der Waals surface area contributed by atoms with E-state index in [0.29, 0.717) is 5.88 Å². The fourth-order valence-electron chi connectivity index (χ4n) is 2.73. The van der Waals surface area contributed by atoms with Gasteiger partial charge >= 0.3 is 0 Å². The van der Waals surface area contributed by atoms with Crippen LogP contribution >= 0.6 is 0 Å². The molecule has 0 unspecified atom stereocenters. The summed E-state index contributed by atoms with van der Waals surface area (Å²) in [5.74, 6) is 0.287. The van der Waals surface area contributed by atoms with E-state index < -0.39 is 0 Å². The molecule has 0 saturated carbocycles. The molecule has 1 aromatic carbocycles. The predicted molar refractivity (Wildman–Crippen MR) is 94.2 cm³/mol. The topological polar surface area (TPSA) is 70.4 Å². The van der Waals surface area contributed by atoms with Crippen LogP contribution in [0.1, 0.15) is 32.0 Å². The molecule has 1 aliphatic heterocycles. The molecule has 1 aliphatic rings. The van der Waals surface area contributed by atoms with E-state index in [0.717, 1.165) is 31.0 Å². The number of amides is 1. The van der Waals surface area contributed by atoms with E-state index in [2.05, 4.69) is 53.6 Å². The van der Waals surface area contributed by atoms with Crippen molar-refractivity contribution in [2.45, 2.75) is 32.7 Å². The minimum atomic E-state index is -0.109. The van der Waals surface area contributed by atoms with Crippen LogP contribution in [0.25, 0.3) is 0 Å². The average molecular weight is 328 g/mol. The Hall–Kier alpha value is -2.34. The number of para-hydroxylation sites is 1. The SMILES string of the molecule is CC(C)(C)c1cc(NC(=O)CN2CCNCc3ccccc32)on1. The Morgan fingerprint density at radius 3 is 2.92 bits per heavy atom. The van der Waals surface area contributed by atoms with Gasteiger partial charge in [0.05, 0.1) is 12.2 Å². The maximum Gasteiger partial charge on any atom is 0.246 e. The zero-order chi connectivity index (χ0) is 17.2. The second-order valence-corrected chi connectivity index (χ2v) is 7.10. The summed E-state index contributed by atoms with van der Waals surface area (Å²) in [6.45, 7) is 8.90. The molecule has 2 aromatic rings. The number of carbonyl (C=O) groups excluding carboxylic acids is 1.